The van der Waals surface area contributed by atoms with Gasteiger partial charge in [-0.25, -0.2) is 0 Å². The summed E-state index contributed by atoms with van der Waals surface area (Å²) in [7, 11) is 0. The zero-order valence-electron chi connectivity index (χ0n) is 11.2. The van der Waals surface area contributed by atoms with E-state index in [1.54, 1.807) is 0 Å². The topological polar surface area (TPSA) is 0 Å². The van der Waals surface area contributed by atoms with Crippen molar-refractivity contribution in [3.8, 4) is 0 Å². The molecule has 0 N–H and O–H groups in total. The lowest BCUT2D eigenvalue weighted by Crippen LogP contribution is -2.04. The normalized spacial score (nSPS) is 18.4. The second-order valence-electron chi connectivity index (χ2n) is 5.61. The van der Waals surface area contributed by atoms with Crippen molar-refractivity contribution in [2.45, 2.75) is 39.0 Å². The fourth-order valence-corrected chi connectivity index (χ4v) is 3.04. The van der Waals surface area contributed by atoms with Gasteiger partial charge in [-0.1, -0.05) is 49.4 Å². The van der Waals surface area contributed by atoms with Gasteiger partial charge in [0.15, 0.2) is 0 Å². The SMILES string of the molecule is Cc1cc2ccc1[C@H](C)Cc1ccc(cc1)CC2. The van der Waals surface area contributed by atoms with Crippen LogP contribution in [0.3, 0.4) is 0 Å². The second kappa shape index (κ2) is 4.61. The van der Waals surface area contributed by atoms with Gasteiger partial charge in [0.25, 0.3) is 0 Å². The number of aryl methyl sites for hydroxylation is 3. The number of benzene rings is 2. The minimum absolute atomic E-state index is 0.601. The molecule has 0 saturated heterocycles. The second-order valence-corrected chi connectivity index (χ2v) is 5.61. The van der Waals surface area contributed by atoms with Gasteiger partial charge in [-0.3, -0.25) is 0 Å². The molecule has 4 bridgehead atoms. The molecule has 0 heteroatoms. The van der Waals surface area contributed by atoms with Crippen LogP contribution in [0.2, 0.25) is 0 Å². The van der Waals surface area contributed by atoms with Crippen molar-refractivity contribution in [1.82, 2.24) is 0 Å². The van der Waals surface area contributed by atoms with Crippen molar-refractivity contribution in [2.24, 2.45) is 0 Å². The first kappa shape index (κ1) is 11.5. The highest BCUT2D eigenvalue weighted by Crippen LogP contribution is 2.26. The average molecular weight is 236 g/mol. The lowest BCUT2D eigenvalue weighted by Gasteiger charge is -2.17. The van der Waals surface area contributed by atoms with Crippen molar-refractivity contribution >= 4 is 0 Å². The summed E-state index contributed by atoms with van der Waals surface area (Å²) in [4.78, 5) is 0. The van der Waals surface area contributed by atoms with Crippen LogP contribution in [0.15, 0.2) is 42.5 Å². The average Bonchev–Trinajstić information content (AvgIpc) is 2.36. The molecule has 6 rings (SSSR count). The molecule has 0 amide bonds. The molecule has 18 heavy (non-hydrogen) atoms. The molecule has 0 fully saturated rings. The van der Waals surface area contributed by atoms with Crippen LogP contribution in [-0.2, 0) is 19.3 Å². The predicted molar refractivity (Wildman–Crippen MR) is 77.1 cm³/mol. The van der Waals surface area contributed by atoms with Crippen molar-refractivity contribution in [2.75, 3.05) is 0 Å². The minimum atomic E-state index is 0.601. The summed E-state index contributed by atoms with van der Waals surface area (Å²) in [5.41, 5.74) is 7.33. The molecule has 92 valence electrons. The molecule has 2 aromatic rings. The van der Waals surface area contributed by atoms with Gasteiger partial charge in [0.1, 0.15) is 0 Å². The molecular formula is C18H20. The molecule has 1 atom stereocenters. The number of hydrogen-bond acceptors (Lipinski definition) is 0. The fraction of sp³-hybridized carbons (Fsp3) is 0.333. The molecule has 0 aromatic heterocycles. The third-order valence-electron chi connectivity index (χ3n) is 4.13. The maximum absolute atomic E-state index is 2.37. The summed E-state index contributed by atoms with van der Waals surface area (Å²) in [6.07, 6.45) is 3.43. The van der Waals surface area contributed by atoms with E-state index in [9.17, 15) is 0 Å². The minimum Gasteiger partial charge on any atom is -0.0588 e. The maximum atomic E-state index is 2.37. The van der Waals surface area contributed by atoms with Gasteiger partial charge in [0, 0.05) is 0 Å². The Morgan fingerprint density at radius 2 is 1.44 bits per heavy atom. The summed E-state index contributed by atoms with van der Waals surface area (Å²) in [5, 5.41) is 0. The van der Waals surface area contributed by atoms with Crippen LogP contribution in [0.4, 0.5) is 0 Å². The highest BCUT2D eigenvalue weighted by Gasteiger charge is 2.11. The molecule has 0 nitrogen and oxygen atoms in total. The van der Waals surface area contributed by atoms with Gasteiger partial charge in [-0.05, 0) is 59.9 Å². The van der Waals surface area contributed by atoms with E-state index in [0.717, 1.165) is 19.3 Å². The highest BCUT2D eigenvalue weighted by atomic mass is 14.2. The van der Waals surface area contributed by atoms with Gasteiger partial charge in [-0.15, -0.1) is 0 Å². The first-order valence-electron chi connectivity index (χ1n) is 6.89. The van der Waals surface area contributed by atoms with Crippen molar-refractivity contribution in [1.29, 1.82) is 0 Å². The van der Waals surface area contributed by atoms with Crippen LogP contribution in [0.1, 0.15) is 40.7 Å². The Morgan fingerprint density at radius 1 is 0.833 bits per heavy atom. The quantitative estimate of drug-likeness (QED) is 0.634. The molecule has 0 unspecified atom stereocenters. The molecule has 4 aliphatic carbocycles. The van der Waals surface area contributed by atoms with E-state index in [-0.39, 0.29) is 0 Å². The van der Waals surface area contributed by atoms with E-state index in [1.807, 2.05) is 0 Å². The summed E-state index contributed by atoms with van der Waals surface area (Å²) in [6, 6.07) is 16.2. The van der Waals surface area contributed by atoms with Gasteiger partial charge < -0.3 is 0 Å². The van der Waals surface area contributed by atoms with E-state index in [1.165, 1.54) is 27.8 Å². The highest BCUT2D eigenvalue weighted by molar-refractivity contribution is 5.36. The molecule has 0 aliphatic heterocycles. The lowest BCUT2D eigenvalue weighted by atomic mass is 9.88. The van der Waals surface area contributed by atoms with Gasteiger partial charge in [0.05, 0.1) is 0 Å². The van der Waals surface area contributed by atoms with Crippen LogP contribution >= 0.6 is 0 Å². The van der Waals surface area contributed by atoms with Crippen molar-refractivity contribution < 1.29 is 0 Å². The van der Waals surface area contributed by atoms with Crippen LogP contribution < -0.4 is 0 Å². The van der Waals surface area contributed by atoms with E-state index in [2.05, 4.69) is 56.3 Å². The Labute approximate surface area is 110 Å². The Kier molecular flexibility index (Phi) is 2.95. The van der Waals surface area contributed by atoms with E-state index in [0.29, 0.717) is 5.92 Å². The van der Waals surface area contributed by atoms with Gasteiger partial charge >= 0.3 is 0 Å². The Morgan fingerprint density at radius 3 is 2.17 bits per heavy atom. The first-order chi connectivity index (χ1) is 8.72. The monoisotopic (exact) mass is 236 g/mol. The number of rotatable bonds is 0. The van der Waals surface area contributed by atoms with Crippen molar-refractivity contribution in [3.63, 3.8) is 0 Å². The lowest BCUT2D eigenvalue weighted by molar-refractivity contribution is 0.749. The maximum Gasteiger partial charge on any atom is -0.0147 e. The van der Waals surface area contributed by atoms with Crippen molar-refractivity contribution in [3.05, 3.63) is 70.3 Å². The smallest absolute Gasteiger partial charge is 0.0147 e. The van der Waals surface area contributed by atoms with Gasteiger partial charge in [0.2, 0.25) is 0 Å². The van der Waals surface area contributed by atoms with Crippen LogP contribution in [-0.4, -0.2) is 0 Å². The molecule has 0 saturated carbocycles. The molecule has 0 heterocycles. The van der Waals surface area contributed by atoms with E-state index in [4.69, 9.17) is 0 Å². The Hall–Kier alpha value is -1.56. The summed E-state index contributed by atoms with van der Waals surface area (Å²) < 4.78 is 0. The van der Waals surface area contributed by atoms with E-state index >= 15 is 0 Å². The number of hydrogen-bond donors (Lipinski definition) is 0. The predicted octanol–water partition coefficient (Wildman–Crippen LogP) is 4.44. The van der Waals surface area contributed by atoms with Crippen LogP contribution in [0, 0.1) is 6.92 Å². The summed E-state index contributed by atoms with van der Waals surface area (Å²) >= 11 is 0. The standard InChI is InChI=1S/C18H20/c1-13-11-16-6-3-15(4-7-16)5-8-17-9-10-18(13)14(2)12-17/h3-4,6-7,9-10,12-13H,5,8,11H2,1-2H3/t13-/m1/s1. The van der Waals surface area contributed by atoms with Crippen LogP contribution in [0.25, 0.3) is 0 Å². The van der Waals surface area contributed by atoms with Gasteiger partial charge in [-0.2, -0.15) is 0 Å². The third-order valence-corrected chi connectivity index (χ3v) is 4.13. The zero-order chi connectivity index (χ0) is 12.5. The molecule has 4 aliphatic rings. The molecule has 2 aromatic carbocycles. The summed E-state index contributed by atoms with van der Waals surface area (Å²) in [6.45, 7) is 4.59. The first-order valence-corrected chi connectivity index (χ1v) is 6.89. The molecule has 0 spiro atoms. The van der Waals surface area contributed by atoms with Crippen LogP contribution in [0.5, 0.6) is 0 Å². The molecular weight excluding hydrogens is 216 g/mol. The van der Waals surface area contributed by atoms with E-state index < -0.39 is 0 Å². The summed E-state index contributed by atoms with van der Waals surface area (Å²) in [5.74, 6) is 0.601. The third kappa shape index (κ3) is 2.20. The Bertz CT molecular complexity index is 549. The largest absolute Gasteiger partial charge is 0.0588 e. The zero-order valence-corrected chi connectivity index (χ0v) is 11.2. The fourth-order valence-electron chi connectivity index (χ4n) is 3.04. The molecule has 0 radical (unpaired) electrons. The Balaban J connectivity index is 2.06.